The van der Waals surface area contributed by atoms with E-state index in [0.29, 0.717) is 24.0 Å². The Morgan fingerprint density at radius 3 is 2.81 bits per heavy atom. The van der Waals surface area contributed by atoms with Crippen molar-refractivity contribution in [3.8, 4) is 22.9 Å². The Hall–Kier alpha value is -3.53. The zero-order valence-electron chi connectivity index (χ0n) is 21.8. The van der Waals surface area contributed by atoms with E-state index in [1.165, 1.54) is 48.9 Å². The highest BCUT2D eigenvalue weighted by molar-refractivity contribution is 5.80. The minimum Gasteiger partial charge on any atom is -0.494 e. The fraction of sp³-hybridized carbons (Fsp3) is 0.481. The van der Waals surface area contributed by atoms with Crippen molar-refractivity contribution < 1.29 is 18.7 Å². The highest BCUT2D eigenvalue weighted by atomic mass is 19.1. The Labute approximate surface area is 215 Å². The van der Waals surface area contributed by atoms with Gasteiger partial charge in [0.15, 0.2) is 17.2 Å². The van der Waals surface area contributed by atoms with Crippen LogP contribution in [0.3, 0.4) is 0 Å². The number of rotatable bonds is 10. The van der Waals surface area contributed by atoms with E-state index in [2.05, 4.69) is 27.1 Å². The van der Waals surface area contributed by atoms with Gasteiger partial charge in [0, 0.05) is 24.2 Å². The summed E-state index contributed by atoms with van der Waals surface area (Å²) in [5.41, 5.74) is 0.195. The molecule has 1 N–H and O–H groups in total. The summed E-state index contributed by atoms with van der Waals surface area (Å²) < 4.78 is 26.3. The molecule has 0 bridgehead atoms. The molecule has 198 valence electrons. The maximum Gasteiger partial charge on any atom is 0.263 e. The molecule has 1 fully saturated rings. The number of carbonyl (C=O) groups excluding carboxylic acids is 1. The third-order valence-electron chi connectivity index (χ3n) is 6.49. The van der Waals surface area contributed by atoms with Crippen LogP contribution in [0.25, 0.3) is 22.4 Å². The van der Waals surface area contributed by atoms with Crippen LogP contribution in [-0.4, -0.2) is 64.2 Å². The number of pyridine rings is 1. The number of ether oxygens (including phenoxy) is 2. The van der Waals surface area contributed by atoms with Gasteiger partial charge in [-0.15, -0.1) is 0 Å². The number of hydrogen-bond donors (Lipinski definition) is 1. The van der Waals surface area contributed by atoms with Gasteiger partial charge in [-0.3, -0.25) is 14.2 Å². The molecule has 1 aromatic carbocycles. The number of benzene rings is 1. The Bertz CT molecular complexity index is 1330. The first kappa shape index (κ1) is 26.5. The highest BCUT2D eigenvalue weighted by Gasteiger charge is 2.20. The molecule has 1 amide bonds. The lowest BCUT2D eigenvalue weighted by Gasteiger charge is -2.20. The van der Waals surface area contributed by atoms with E-state index in [9.17, 15) is 14.0 Å². The molecule has 0 aliphatic carbocycles. The highest BCUT2D eigenvalue weighted by Crippen LogP contribution is 2.26. The summed E-state index contributed by atoms with van der Waals surface area (Å²) in [5, 5.41) is 3.03. The number of methoxy groups -OCH3 is 1. The van der Waals surface area contributed by atoms with E-state index < -0.39 is 11.4 Å². The topological polar surface area (TPSA) is 98.6 Å². The van der Waals surface area contributed by atoms with Crippen molar-refractivity contribution in [2.45, 2.75) is 58.7 Å². The zero-order valence-corrected chi connectivity index (χ0v) is 21.8. The van der Waals surface area contributed by atoms with Gasteiger partial charge in [-0.05, 0) is 70.8 Å². The molecule has 9 nitrogen and oxygen atoms in total. The van der Waals surface area contributed by atoms with Crippen molar-refractivity contribution >= 4 is 16.9 Å². The second kappa shape index (κ2) is 11.7. The summed E-state index contributed by atoms with van der Waals surface area (Å²) in [7, 11) is 1.36. The number of hydrogen-bond acceptors (Lipinski definition) is 7. The minimum atomic E-state index is -0.544. The van der Waals surface area contributed by atoms with Crippen molar-refractivity contribution in [3.05, 3.63) is 46.6 Å². The number of carbonyl (C=O) groups is 1. The quantitative estimate of drug-likeness (QED) is 0.417. The second-order valence-electron chi connectivity index (χ2n) is 9.67. The Balaban J connectivity index is 1.64. The van der Waals surface area contributed by atoms with Crippen LogP contribution in [0.2, 0.25) is 0 Å². The van der Waals surface area contributed by atoms with E-state index >= 15 is 0 Å². The molecule has 3 aromatic rings. The molecule has 1 aliphatic heterocycles. The molecule has 1 atom stereocenters. The first-order valence-electron chi connectivity index (χ1n) is 12.7. The smallest absolute Gasteiger partial charge is 0.263 e. The van der Waals surface area contributed by atoms with Gasteiger partial charge in [-0.2, -0.15) is 0 Å². The summed E-state index contributed by atoms with van der Waals surface area (Å²) in [6.07, 6.45) is 4.87. The largest absolute Gasteiger partial charge is 0.494 e. The van der Waals surface area contributed by atoms with Crippen LogP contribution in [0.4, 0.5) is 4.39 Å². The Morgan fingerprint density at radius 1 is 1.30 bits per heavy atom. The fourth-order valence-electron chi connectivity index (χ4n) is 4.63. The van der Waals surface area contributed by atoms with Crippen LogP contribution >= 0.6 is 0 Å². The van der Waals surface area contributed by atoms with Crippen LogP contribution < -0.4 is 20.3 Å². The average Bonchev–Trinajstić information content (AvgIpc) is 3.28. The number of nitrogens with zero attached hydrogens (tertiary/aromatic N) is 4. The van der Waals surface area contributed by atoms with Gasteiger partial charge in [0.1, 0.15) is 18.1 Å². The van der Waals surface area contributed by atoms with Crippen LogP contribution in [-0.2, 0) is 11.3 Å². The normalized spacial score (nSPS) is 15.9. The van der Waals surface area contributed by atoms with Crippen LogP contribution in [0.15, 0.2) is 35.3 Å². The van der Waals surface area contributed by atoms with Gasteiger partial charge in [0.25, 0.3) is 5.56 Å². The van der Waals surface area contributed by atoms with Gasteiger partial charge in [0.05, 0.1) is 25.3 Å². The molecule has 0 radical (unpaired) electrons. The van der Waals surface area contributed by atoms with Crippen molar-refractivity contribution in [2.24, 2.45) is 0 Å². The Morgan fingerprint density at radius 2 is 2.11 bits per heavy atom. The molecule has 3 heterocycles. The average molecular weight is 512 g/mol. The maximum absolute atomic E-state index is 14.0. The molecule has 4 rings (SSSR count). The molecule has 0 saturated carbocycles. The maximum atomic E-state index is 14.0. The number of aromatic nitrogens is 3. The lowest BCUT2D eigenvalue weighted by atomic mass is 10.1. The molecular formula is C27H34FN5O4. The number of likely N-dealkylation sites (tertiary alicyclic amines) is 1. The lowest BCUT2D eigenvalue weighted by Crippen LogP contribution is -2.37. The van der Waals surface area contributed by atoms with Crippen molar-refractivity contribution in [1.82, 2.24) is 24.8 Å². The zero-order chi connectivity index (χ0) is 26.5. The molecular weight excluding hydrogens is 477 g/mol. The predicted octanol–water partition coefficient (Wildman–Crippen LogP) is 3.38. The van der Waals surface area contributed by atoms with E-state index in [4.69, 9.17) is 9.47 Å². The van der Waals surface area contributed by atoms with Gasteiger partial charge in [0.2, 0.25) is 5.91 Å². The van der Waals surface area contributed by atoms with Crippen molar-refractivity contribution in [1.29, 1.82) is 0 Å². The Kier molecular flexibility index (Phi) is 8.38. The summed E-state index contributed by atoms with van der Waals surface area (Å²) in [6, 6.07) is 6.28. The molecule has 1 unspecified atom stereocenters. The molecule has 10 heteroatoms. The van der Waals surface area contributed by atoms with Crippen LogP contribution in [0, 0.1) is 5.82 Å². The molecule has 0 spiro atoms. The number of nitrogens with one attached hydrogen (secondary N) is 1. The minimum absolute atomic E-state index is 0.00468. The number of amides is 1. The summed E-state index contributed by atoms with van der Waals surface area (Å²) >= 11 is 0. The first-order chi connectivity index (χ1) is 17.8. The third-order valence-corrected chi connectivity index (χ3v) is 6.49. The van der Waals surface area contributed by atoms with Crippen LogP contribution in [0.1, 0.15) is 40.0 Å². The summed E-state index contributed by atoms with van der Waals surface area (Å²) in [5.74, 6) is -0.224. The van der Waals surface area contributed by atoms with E-state index in [0.717, 1.165) is 19.5 Å². The standard InChI is InChI=1S/C27H34FN5O4/c1-17(2)30-24(34)16-33-26(19-8-9-22(28)23(13-19)36-4)31-25-21(27(33)35)14-20(15-29-25)37-12-6-11-32-10-5-7-18(32)3/h8-9,13-15,17-18H,5-7,10-12,16H2,1-4H3,(H,30,34). The number of fused-ring (bicyclic) bond motifs is 1. The van der Waals surface area contributed by atoms with E-state index in [1.54, 1.807) is 6.07 Å². The fourth-order valence-corrected chi connectivity index (χ4v) is 4.63. The van der Waals surface area contributed by atoms with Crippen molar-refractivity contribution in [3.63, 3.8) is 0 Å². The third kappa shape index (κ3) is 6.25. The molecule has 1 saturated heterocycles. The number of halogens is 1. The van der Waals surface area contributed by atoms with E-state index in [1.807, 2.05) is 13.8 Å². The first-order valence-corrected chi connectivity index (χ1v) is 12.7. The lowest BCUT2D eigenvalue weighted by molar-refractivity contribution is -0.122. The van der Waals surface area contributed by atoms with Gasteiger partial charge in [-0.25, -0.2) is 14.4 Å². The van der Waals surface area contributed by atoms with Crippen LogP contribution in [0.5, 0.6) is 11.5 Å². The van der Waals surface area contributed by atoms with Gasteiger partial charge < -0.3 is 19.7 Å². The summed E-state index contributed by atoms with van der Waals surface area (Å²) in [6.45, 7) is 8.25. The summed E-state index contributed by atoms with van der Waals surface area (Å²) in [4.78, 5) is 37.6. The van der Waals surface area contributed by atoms with E-state index in [-0.39, 0.29) is 41.1 Å². The molecule has 37 heavy (non-hydrogen) atoms. The molecule has 2 aromatic heterocycles. The van der Waals surface area contributed by atoms with Gasteiger partial charge >= 0.3 is 0 Å². The predicted molar refractivity (Wildman–Crippen MR) is 139 cm³/mol. The SMILES string of the molecule is COc1cc(-c2nc3ncc(OCCCN4CCCC4C)cc3c(=O)n2CC(=O)NC(C)C)ccc1F. The van der Waals surface area contributed by atoms with Crippen molar-refractivity contribution in [2.75, 3.05) is 26.8 Å². The van der Waals surface area contributed by atoms with Gasteiger partial charge in [-0.1, -0.05) is 0 Å². The molecule has 1 aliphatic rings. The second-order valence-corrected chi connectivity index (χ2v) is 9.67. The monoisotopic (exact) mass is 511 g/mol.